The summed E-state index contributed by atoms with van der Waals surface area (Å²) in [4.78, 5) is 12.3. The van der Waals surface area contributed by atoms with Crippen LogP contribution in [0.5, 0.6) is 0 Å². The summed E-state index contributed by atoms with van der Waals surface area (Å²) in [6.07, 6.45) is 2.47. The van der Waals surface area contributed by atoms with Crippen molar-refractivity contribution in [3.8, 4) is 0 Å². The number of nitrogens with one attached hydrogen (secondary N) is 2. The smallest absolute Gasteiger partial charge is 0.229 e. The highest BCUT2D eigenvalue weighted by Crippen LogP contribution is 2.37. The summed E-state index contributed by atoms with van der Waals surface area (Å²) >= 11 is 1.98. The average molecular weight is 276 g/mol. The van der Waals surface area contributed by atoms with Crippen molar-refractivity contribution < 1.29 is 4.79 Å². The lowest BCUT2D eigenvalue weighted by Gasteiger charge is -2.24. The quantitative estimate of drug-likeness (QED) is 0.891. The van der Waals surface area contributed by atoms with Crippen LogP contribution >= 0.6 is 11.8 Å². The van der Waals surface area contributed by atoms with Crippen LogP contribution in [0.4, 0.5) is 5.69 Å². The molecule has 2 aliphatic rings. The minimum atomic E-state index is -0.0359. The molecule has 2 heterocycles. The summed E-state index contributed by atoms with van der Waals surface area (Å²) in [5.41, 5.74) is 2.23. The molecule has 0 radical (unpaired) electrons. The third-order valence-corrected chi connectivity index (χ3v) is 5.62. The monoisotopic (exact) mass is 276 g/mol. The Labute approximate surface area is 118 Å². The Morgan fingerprint density at radius 1 is 1.53 bits per heavy atom. The fraction of sp³-hybridized carbons (Fsp3) is 0.533. The van der Waals surface area contributed by atoms with Crippen molar-refractivity contribution in [1.29, 1.82) is 0 Å². The van der Waals surface area contributed by atoms with Crippen molar-refractivity contribution in [3.63, 3.8) is 0 Å². The maximum absolute atomic E-state index is 12.3. The minimum absolute atomic E-state index is 0.0359. The number of hydrogen-bond acceptors (Lipinski definition) is 3. The fourth-order valence-electron chi connectivity index (χ4n) is 2.89. The lowest BCUT2D eigenvalue weighted by Crippen LogP contribution is -2.39. The number of fused-ring (bicyclic) bond motifs is 1. The molecule has 4 heteroatoms. The maximum Gasteiger partial charge on any atom is 0.229 e. The predicted molar refractivity (Wildman–Crippen MR) is 80.8 cm³/mol. The van der Waals surface area contributed by atoms with Gasteiger partial charge in [-0.25, -0.2) is 0 Å². The van der Waals surface area contributed by atoms with E-state index in [2.05, 4.69) is 17.6 Å². The van der Waals surface area contributed by atoms with E-state index in [9.17, 15) is 4.79 Å². The van der Waals surface area contributed by atoms with E-state index in [0.29, 0.717) is 0 Å². The first-order valence-corrected chi connectivity index (χ1v) is 7.91. The summed E-state index contributed by atoms with van der Waals surface area (Å²) in [6.45, 7) is 3.76. The Morgan fingerprint density at radius 2 is 2.37 bits per heavy atom. The largest absolute Gasteiger partial charge is 0.384 e. The number of carbonyl (C=O) groups is 1. The van der Waals surface area contributed by atoms with Gasteiger partial charge in [0.2, 0.25) is 5.91 Å². The Kier molecular flexibility index (Phi) is 3.44. The number of para-hydroxylation sites is 1. The molecule has 0 bridgehead atoms. The Morgan fingerprint density at radius 3 is 3.16 bits per heavy atom. The van der Waals surface area contributed by atoms with Crippen LogP contribution in [-0.2, 0) is 4.79 Å². The van der Waals surface area contributed by atoms with Crippen molar-refractivity contribution in [3.05, 3.63) is 29.8 Å². The molecule has 2 unspecified atom stereocenters. The lowest BCUT2D eigenvalue weighted by molar-refractivity contribution is -0.122. The second kappa shape index (κ2) is 5.08. The van der Waals surface area contributed by atoms with Gasteiger partial charge in [-0.3, -0.25) is 4.79 Å². The summed E-state index contributed by atoms with van der Waals surface area (Å²) in [5.74, 6) is 1.34. The number of amides is 1. The molecule has 0 saturated carbocycles. The summed E-state index contributed by atoms with van der Waals surface area (Å²) in [7, 11) is 0. The highest BCUT2D eigenvalue weighted by atomic mass is 32.2. The van der Waals surface area contributed by atoms with Crippen molar-refractivity contribution >= 4 is 23.4 Å². The molecule has 2 aliphatic heterocycles. The number of anilines is 1. The molecule has 2 atom stereocenters. The summed E-state index contributed by atoms with van der Waals surface area (Å²) in [6, 6.07) is 8.09. The van der Waals surface area contributed by atoms with Gasteiger partial charge in [0.15, 0.2) is 0 Å². The van der Waals surface area contributed by atoms with Crippen molar-refractivity contribution in [2.75, 3.05) is 24.2 Å². The van der Waals surface area contributed by atoms with Crippen LogP contribution < -0.4 is 10.6 Å². The van der Waals surface area contributed by atoms with Gasteiger partial charge in [-0.05, 0) is 37.1 Å². The van der Waals surface area contributed by atoms with Gasteiger partial charge in [-0.2, -0.15) is 11.8 Å². The molecule has 2 N–H and O–H groups in total. The fourth-order valence-corrected chi connectivity index (χ4v) is 4.14. The molecule has 19 heavy (non-hydrogen) atoms. The third kappa shape index (κ3) is 2.59. The SMILES string of the molecule is CC1(CNC(=O)C2CNc3ccccc32)CCCS1. The predicted octanol–water partition coefficient (Wildman–Crippen LogP) is 2.60. The van der Waals surface area contributed by atoms with Gasteiger partial charge in [0.25, 0.3) is 0 Å². The number of rotatable bonds is 3. The van der Waals surface area contributed by atoms with Crippen molar-refractivity contribution in [1.82, 2.24) is 5.32 Å². The summed E-state index contributed by atoms with van der Waals surface area (Å²) < 4.78 is 0.237. The van der Waals surface area contributed by atoms with E-state index < -0.39 is 0 Å². The van der Waals surface area contributed by atoms with Crippen LogP contribution in [0.15, 0.2) is 24.3 Å². The molecule has 1 fully saturated rings. The van der Waals surface area contributed by atoms with Crippen molar-refractivity contribution in [2.24, 2.45) is 0 Å². The Hall–Kier alpha value is -1.16. The van der Waals surface area contributed by atoms with Gasteiger partial charge in [0, 0.05) is 23.5 Å². The van der Waals surface area contributed by atoms with E-state index >= 15 is 0 Å². The Balaban J connectivity index is 1.63. The Bertz CT molecular complexity index is 483. The highest BCUT2D eigenvalue weighted by Gasteiger charge is 2.32. The molecular weight excluding hydrogens is 256 g/mol. The van der Waals surface area contributed by atoms with Crippen LogP contribution in [0.3, 0.4) is 0 Å². The van der Waals surface area contributed by atoms with Crippen LogP contribution in [0.2, 0.25) is 0 Å². The topological polar surface area (TPSA) is 41.1 Å². The van der Waals surface area contributed by atoms with Gasteiger partial charge in [0.05, 0.1) is 5.92 Å². The first-order chi connectivity index (χ1) is 9.18. The standard InChI is InChI=1S/C15H20N2OS/c1-15(7-4-8-19-15)10-17-14(18)12-9-16-13-6-3-2-5-11(12)13/h2-3,5-6,12,16H,4,7-10H2,1H3,(H,17,18). The van der Waals surface area contributed by atoms with Crippen LogP contribution in [0, 0.1) is 0 Å². The number of hydrogen-bond donors (Lipinski definition) is 2. The minimum Gasteiger partial charge on any atom is -0.384 e. The van der Waals surface area contributed by atoms with Gasteiger partial charge >= 0.3 is 0 Å². The lowest BCUT2D eigenvalue weighted by atomic mass is 10.00. The van der Waals surface area contributed by atoms with E-state index in [1.807, 2.05) is 36.0 Å². The first kappa shape index (κ1) is 12.9. The van der Waals surface area contributed by atoms with Crippen LogP contribution in [0.1, 0.15) is 31.2 Å². The second-order valence-corrected chi connectivity index (χ2v) is 7.32. The second-order valence-electron chi connectivity index (χ2n) is 5.64. The zero-order chi connectivity index (χ0) is 13.3. The van der Waals surface area contributed by atoms with Gasteiger partial charge < -0.3 is 10.6 Å². The maximum atomic E-state index is 12.3. The highest BCUT2D eigenvalue weighted by molar-refractivity contribution is 8.00. The van der Waals surface area contributed by atoms with E-state index in [1.165, 1.54) is 18.6 Å². The van der Waals surface area contributed by atoms with E-state index in [0.717, 1.165) is 24.3 Å². The molecule has 0 aromatic heterocycles. The van der Waals surface area contributed by atoms with E-state index in [4.69, 9.17) is 0 Å². The zero-order valence-electron chi connectivity index (χ0n) is 11.2. The molecule has 1 aromatic carbocycles. The van der Waals surface area contributed by atoms with Gasteiger partial charge in [-0.1, -0.05) is 18.2 Å². The molecule has 3 nitrogen and oxygen atoms in total. The first-order valence-electron chi connectivity index (χ1n) is 6.92. The normalized spacial score (nSPS) is 28.8. The summed E-state index contributed by atoms with van der Waals surface area (Å²) in [5, 5.41) is 6.45. The number of benzene rings is 1. The van der Waals surface area contributed by atoms with E-state index in [1.54, 1.807) is 0 Å². The molecule has 0 aliphatic carbocycles. The van der Waals surface area contributed by atoms with Crippen LogP contribution in [0.25, 0.3) is 0 Å². The average Bonchev–Trinajstić information content (AvgIpc) is 3.03. The van der Waals surface area contributed by atoms with E-state index in [-0.39, 0.29) is 16.6 Å². The van der Waals surface area contributed by atoms with Crippen LogP contribution in [-0.4, -0.2) is 29.5 Å². The molecule has 0 spiro atoms. The van der Waals surface area contributed by atoms with Gasteiger partial charge in [0.1, 0.15) is 0 Å². The third-order valence-electron chi connectivity index (χ3n) is 4.09. The van der Waals surface area contributed by atoms with Gasteiger partial charge in [-0.15, -0.1) is 0 Å². The number of carbonyl (C=O) groups excluding carboxylic acids is 1. The molecule has 1 amide bonds. The molecule has 1 saturated heterocycles. The molecule has 102 valence electrons. The molecular formula is C15H20N2OS. The zero-order valence-corrected chi connectivity index (χ0v) is 12.1. The van der Waals surface area contributed by atoms with Crippen molar-refractivity contribution in [2.45, 2.75) is 30.4 Å². The molecule has 1 aromatic rings. The molecule has 3 rings (SSSR count). The number of thioether (sulfide) groups is 1.